The first-order valence-corrected chi connectivity index (χ1v) is 7.74. The second-order valence-corrected chi connectivity index (χ2v) is 5.82. The molecule has 0 aliphatic carbocycles. The van der Waals surface area contributed by atoms with Crippen LogP contribution in [0.4, 0.5) is 0 Å². The summed E-state index contributed by atoms with van der Waals surface area (Å²) in [6, 6.07) is 19.9. The molecule has 3 aromatic rings. The first-order valence-electron chi connectivity index (χ1n) is 7.74. The molecule has 0 amide bonds. The van der Waals surface area contributed by atoms with Crippen LogP contribution in [0.3, 0.4) is 0 Å². The Hall–Kier alpha value is -1.32. The highest BCUT2D eigenvalue weighted by Gasteiger charge is 2.14. The smallest absolute Gasteiger partial charge is 0.0247 e. The number of rotatable bonds is 2. The van der Waals surface area contributed by atoms with Crippen LogP contribution in [0.5, 0.6) is 0 Å². The Labute approximate surface area is 149 Å². The van der Waals surface area contributed by atoms with E-state index in [-0.39, 0.29) is 24.8 Å². The molecule has 1 heterocycles. The van der Waals surface area contributed by atoms with Crippen LogP contribution in [-0.2, 0) is 6.54 Å². The average molecular weight is 349 g/mol. The molecule has 0 aromatic heterocycles. The second-order valence-electron chi connectivity index (χ2n) is 5.82. The van der Waals surface area contributed by atoms with Gasteiger partial charge in [-0.2, -0.15) is 0 Å². The van der Waals surface area contributed by atoms with Gasteiger partial charge in [-0.15, -0.1) is 24.8 Å². The number of nitrogens with zero attached hydrogens (tertiary/aromatic N) is 1. The summed E-state index contributed by atoms with van der Waals surface area (Å²) in [6.07, 6.45) is 0. The number of benzene rings is 3. The standard InChI is InChI=1S/C19H20N2.2ClH/c1-3-7-17-15(5-1)13-16-6-2-4-8-18(16)19(17)14-21-11-9-20-10-12-21;;/h1-8,13,20H,9-12,14H2;2*1H. The molecular formula is C19H22Cl2N2. The van der Waals surface area contributed by atoms with Crippen LogP contribution in [0.25, 0.3) is 21.5 Å². The number of fused-ring (bicyclic) bond motifs is 2. The summed E-state index contributed by atoms with van der Waals surface area (Å²) in [5.41, 5.74) is 1.48. The van der Waals surface area contributed by atoms with Crippen molar-refractivity contribution in [1.29, 1.82) is 0 Å². The topological polar surface area (TPSA) is 15.3 Å². The Balaban J connectivity index is 0.000000960. The summed E-state index contributed by atoms with van der Waals surface area (Å²) in [5.74, 6) is 0. The summed E-state index contributed by atoms with van der Waals surface area (Å²) in [5, 5.41) is 8.93. The van der Waals surface area contributed by atoms with Crippen LogP contribution in [0.15, 0.2) is 54.6 Å². The third kappa shape index (κ3) is 3.61. The van der Waals surface area contributed by atoms with Gasteiger partial charge in [0.2, 0.25) is 0 Å². The molecule has 2 nitrogen and oxygen atoms in total. The lowest BCUT2D eigenvalue weighted by Crippen LogP contribution is -2.42. The van der Waals surface area contributed by atoms with E-state index in [0.717, 1.165) is 32.7 Å². The molecule has 1 N–H and O–H groups in total. The Kier molecular flexibility index (Phi) is 6.25. The van der Waals surface area contributed by atoms with E-state index in [4.69, 9.17) is 0 Å². The zero-order valence-corrected chi connectivity index (χ0v) is 14.6. The monoisotopic (exact) mass is 348 g/mol. The van der Waals surface area contributed by atoms with Crippen molar-refractivity contribution < 1.29 is 0 Å². The van der Waals surface area contributed by atoms with Crippen LogP contribution in [-0.4, -0.2) is 31.1 Å². The van der Waals surface area contributed by atoms with Crippen LogP contribution < -0.4 is 5.32 Å². The number of hydrogen-bond donors (Lipinski definition) is 1. The third-order valence-corrected chi connectivity index (χ3v) is 4.47. The molecular weight excluding hydrogens is 327 g/mol. The second kappa shape index (κ2) is 7.98. The Bertz CT molecular complexity index is 729. The van der Waals surface area contributed by atoms with E-state index in [0.29, 0.717) is 0 Å². The Morgan fingerprint density at radius 1 is 0.783 bits per heavy atom. The van der Waals surface area contributed by atoms with Crippen LogP contribution >= 0.6 is 24.8 Å². The maximum absolute atomic E-state index is 3.43. The normalized spacial score (nSPS) is 15.1. The van der Waals surface area contributed by atoms with Crippen molar-refractivity contribution in [3.63, 3.8) is 0 Å². The molecule has 0 unspecified atom stereocenters. The predicted molar refractivity (Wildman–Crippen MR) is 104 cm³/mol. The van der Waals surface area contributed by atoms with Gasteiger partial charge in [0.25, 0.3) is 0 Å². The highest BCUT2D eigenvalue weighted by atomic mass is 35.5. The molecule has 0 atom stereocenters. The molecule has 3 aromatic carbocycles. The van der Waals surface area contributed by atoms with Crippen molar-refractivity contribution in [3.8, 4) is 0 Å². The van der Waals surface area contributed by atoms with E-state index in [1.807, 2.05) is 0 Å². The molecule has 0 bridgehead atoms. The molecule has 0 spiro atoms. The van der Waals surface area contributed by atoms with E-state index in [1.54, 1.807) is 0 Å². The van der Waals surface area contributed by atoms with Crippen molar-refractivity contribution in [3.05, 3.63) is 60.2 Å². The minimum absolute atomic E-state index is 0. The SMILES string of the molecule is Cl.Cl.c1ccc2c(CN3CCNCC3)c3ccccc3cc2c1. The first-order chi connectivity index (χ1) is 10.4. The predicted octanol–water partition coefficient (Wildman–Crippen LogP) is 4.24. The fourth-order valence-corrected chi connectivity index (χ4v) is 3.37. The zero-order chi connectivity index (χ0) is 14.1. The summed E-state index contributed by atoms with van der Waals surface area (Å²) in [4.78, 5) is 2.56. The van der Waals surface area contributed by atoms with Gasteiger partial charge in [0.15, 0.2) is 0 Å². The van der Waals surface area contributed by atoms with E-state index >= 15 is 0 Å². The lowest BCUT2D eigenvalue weighted by molar-refractivity contribution is 0.234. The molecule has 0 radical (unpaired) electrons. The van der Waals surface area contributed by atoms with Gasteiger partial charge in [0, 0.05) is 32.7 Å². The van der Waals surface area contributed by atoms with E-state index in [2.05, 4.69) is 64.8 Å². The minimum atomic E-state index is 0. The molecule has 4 rings (SSSR count). The van der Waals surface area contributed by atoms with E-state index in [9.17, 15) is 0 Å². The maximum atomic E-state index is 3.43. The van der Waals surface area contributed by atoms with Crippen LogP contribution in [0.2, 0.25) is 0 Å². The van der Waals surface area contributed by atoms with Crippen LogP contribution in [0, 0.1) is 0 Å². The molecule has 1 aliphatic rings. The van der Waals surface area contributed by atoms with Gasteiger partial charge in [0.1, 0.15) is 0 Å². The first kappa shape index (κ1) is 18.0. The number of hydrogen-bond acceptors (Lipinski definition) is 2. The van der Waals surface area contributed by atoms with Gasteiger partial charge in [-0.25, -0.2) is 0 Å². The molecule has 4 heteroatoms. The van der Waals surface area contributed by atoms with E-state index in [1.165, 1.54) is 27.1 Å². The lowest BCUT2D eigenvalue weighted by Gasteiger charge is -2.28. The molecule has 1 fully saturated rings. The quantitative estimate of drug-likeness (QED) is 0.696. The maximum Gasteiger partial charge on any atom is 0.0247 e. The fraction of sp³-hybridized carbons (Fsp3) is 0.263. The molecule has 1 saturated heterocycles. The number of piperazine rings is 1. The van der Waals surface area contributed by atoms with Gasteiger partial charge in [0.05, 0.1) is 0 Å². The Morgan fingerprint density at radius 3 is 1.87 bits per heavy atom. The van der Waals surface area contributed by atoms with Gasteiger partial charge >= 0.3 is 0 Å². The molecule has 23 heavy (non-hydrogen) atoms. The highest BCUT2D eigenvalue weighted by molar-refractivity contribution is 6.02. The zero-order valence-electron chi connectivity index (χ0n) is 13.0. The van der Waals surface area contributed by atoms with Gasteiger partial charge in [-0.05, 0) is 33.2 Å². The van der Waals surface area contributed by atoms with Crippen molar-refractivity contribution in [2.24, 2.45) is 0 Å². The minimum Gasteiger partial charge on any atom is -0.314 e. The van der Waals surface area contributed by atoms with Gasteiger partial charge < -0.3 is 5.32 Å². The van der Waals surface area contributed by atoms with Crippen LogP contribution in [0.1, 0.15) is 5.56 Å². The van der Waals surface area contributed by atoms with Crippen molar-refractivity contribution in [2.75, 3.05) is 26.2 Å². The highest BCUT2D eigenvalue weighted by Crippen LogP contribution is 2.29. The molecule has 0 saturated carbocycles. The third-order valence-electron chi connectivity index (χ3n) is 4.47. The van der Waals surface area contributed by atoms with E-state index < -0.39 is 0 Å². The Morgan fingerprint density at radius 2 is 1.30 bits per heavy atom. The summed E-state index contributed by atoms with van der Waals surface area (Å²) >= 11 is 0. The van der Waals surface area contributed by atoms with Crippen molar-refractivity contribution >= 4 is 46.4 Å². The summed E-state index contributed by atoms with van der Waals surface area (Å²) in [7, 11) is 0. The fourth-order valence-electron chi connectivity index (χ4n) is 3.37. The number of nitrogens with one attached hydrogen (secondary N) is 1. The average Bonchev–Trinajstić information content (AvgIpc) is 2.55. The number of halogens is 2. The summed E-state index contributed by atoms with van der Waals surface area (Å²) in [6.45, 7) is 5.52. The van der Waals surface area contributed by atoms with Crippen molar-refractivity contribution in [1.82, 2.24) is 10.2 Å². The van der Waals surface area contributed by atoms with Gasteiger partial charge in [-0.3, -0.25) is 4.90 Å². The van der Waals surface area contributed by atoms with Crippen molar-refractivity contribution in [2.45, 2.75) is 6.54 Å². The molecule has 122 valence electrons. The largest absolute Gasteiger partial charge is 0.314 e. The molecule has 1 aliphatic heterocycles. The lowest BCUT2D eigenvalue weighted by atomic mass is 9.96. The van der Waals surface area contributed by atoms with Gasteiger partial charge in [-0.1, -0.05) is 48.5 Å². The summed E-state index contributed by atoms with van der Waals surface area (Å²) < 4.78 is 0.